The van der Waals surface area contributed by atoms with Crippen LogP contribution < -0.4 is 10.1 Å². The van der Waals surface area contributed by atoms with Gasteiger partial charge in [-0.25, -0.2) is 14.2 Å². The lowest BCUT2D eigenvalue weighted by Crippen LogP contribution is -2.45. The lowest BCUT2D eigenvalue weighted by atomic mass is 9.97. The molecule has 2 aromatic rings. The molecule has 1 aromatic heterocycles. The van der Waals surface area contributed by atoms with E-state index in [0.29, 0.717) is 24.4 Å². The first kappa shape index (κ1) is 17.3. The fraction of sp³-hybridized carbons (Fsp3) is 0.444. The SMILES string of the molecule is COc1cccc(F)c1[C@@H](C)NC(=O)N1CCC[C@H](c2ncc[nH]2)C1. The molecule has 6 nitrogen and oxygen atoms in total. The third kappa shape index (κ3) is 3.75. The maximum atomic E-state index is 14.2. The number of methoxy groups -OCH3 is 1. The molecule has 0 bridgehead atoms. The fourth-order valence-electron chi connectivity index (χ4n) is 3.35. The van der Waals surface area contributed by atoms with Crippen molar-refractivity contribution in [2.75, 3.05) is 20.2 Å². The highest BCUT2D eigenvalue weighted by atomic mass is 19.1. The number of benzene rings is 1. The van der Waals surface area contributed by atoms with Gasteiger partial charge in [0.1, 0.15) is 17.4 Å². The van der Waals surface area contributed by atoms with Gasteiger partial charge < -0.3 is 19.9 Å². The van der Waals surface area contributed by atoms with Crippen LogP contribution in [-0.4, -0.2) is 41.1 Å². The summed E-state index contributed by atoms with van der Waals surface area (Å²) in [5.41, 5.74) is 0.359. The van der Waals surface area contributed by atoms with Crippen LogP contribution in [-0.2, 0) is 0 Å². The van der Waals surface area contributed by atoms with Crippen LogP contribution in [0.4, 0.5) is 9.18 Å². The van der Waals surface area contributed by atoms with Crippen LogP contribution in [0.3, 0.4) is 0 Å². The normalized spacial score (nSPS) is 18.7. The molecule has 1 aliphatic heterocycles. The van der Waals surface area contributed by atoms with Crippen molar-refractivity contribution in [3.05, 3.63) is 47.8 Å². The minimum Gasteiger partial charge on any atom is -0.496 e. The van der Waals surface area contributed by atoms with Gasteiger partial charge in [0.25, 0.3) is 0 Å². The van der Waals surface area contributed by atoms with Crippen molar-refractivity contribution in [3.8, 4) is 5.75 Å². The van der Waals surface area contributed by atoms with Gasteiger partial charge in [0, 0.05) is 31.4 Å². The molecule has 0 spiro atoms. The van der Waals surface area contributed by atoms with E-state index >= 15 is 0 Å². The molecule has 2 heterocycles. The second kappa shape index (κ2) is 7.55. The maximum Gasteiger partial charge on any atom is 0.317 e. The summed E-state index contributed by atoms with van der Waals surface area (Å²) in [6, 6.07) is 3.95. The summed E-state index contributed by atoms with van der Waals surface area (Å²) in [7, 11) is 1.49. The van der Waals surface area contributed by atoms with Gasteiger partial charge in [-0.05, 0) is 31.9 Å². The van der Waals surface area contributed by atoms with Crippen molar-refractivity contribution in [2.45, 2.75) is 31.7 Å². The zero-order chi connectivity index (χ0) is 17.8. The van der Waals surface area contributed by atoms with Gasteiger partial charge in [0.15, 0.2) is 0 Å². The number of rotatable bonds is 4. The summed E-state index contributed by atoms with van der Waals surface area (Å²) < 4.78 is 19.4. The summed E-state index contributed by atoms with van der Waals surface area (Å²) in [6.45, 7) is 3.04. The Morgan fingerprint density at radius 2 is 2.36 bits per heavy atom. The molecule has 7 heteroatoms. The molecule has 0 saturated carbocycles. The number of hydrogen-bond donors (Lipinski definition) is 2. The van der Waals surface area contributed by atoms with E-state index in [1.54, 1.807) is 36.4 Å². The topological polar surface area (TPSA) is 70.2 Å². The van der Waals surface area contributed by atoms with Crippen molar-refractivity contribution in [1.82, 2.24) is 20.2 Å². The predicted molar refractivity (Wildman–Crippen MR) is 92.0 cm³/mol. The van der Waals surface area contributed by atoms with Gasteiger partial charge in [-0.15, -0.1) is 0 Å². The highest BCUT2D eigenvalue weighted by Crippen LogP contribution is 2.29. The van der Waals surface area contributed by atoms with Crippen LogP contribution in [0, 0.1) is 5.82 Å². The Morgan fingerprint density at radius 1 is 1.52 bits per heavy atom. The second-order valence-electron chi connectivity index (χ2n) is 6.29. The van der Waals surface area contributed by atoms with E-state index in [4.69, 9.17) is 4.74 Å². The van der Waals surface area contributed by atoms with Crippen LogP contribution in [0.5, 0.6) is 5.75 Å². The van der Waals surface area contributed by atoms with E-state index in [1.165, 1.54) is 13.2 Å². The van der Waals surface area contributed by atoms with Crippen LogP contribution in [0.15, 0.2) is 30.6 Å². The number of ether oxygens (including phenoxy) is 1. The number of aromatic amines is 1. The van der Waals surface area contributed by atoms with Gasteiger partial charge in [-0.2, -0.15) is 0 Å². The molecule has 2 N–H and O–H groups in total. The molecule has 25 heavy (non-hydrogen) atoms. The summed E-state index contributed by atoms with van der Waals surface area (Å²) in [5, 5.41) is 2.88. The maximum absolute atomic E-state index is 14.2. The number of urea groups is 1. The molecule has 3 rings (SSSR count). The van der Waals surface area contributed by atoms with E-state index in [-0.39, 0.29) is 17.8 Å². The minimum absolute atomic E-state index is 0.200. The fourth-order valence-corrected chi connectivity index (χ4v) is 3.35. The third-order valence-electron chi connectivity index (χ3n) is 4.62. The van der Waals surface area contributed by atoms with Gasteiger partial charge in [0.05, 0.1) is 18.7 Å². The van der Waals surface area contributed by atoms with Crippen molar-refractivity contribution < 1.29 is 13.9 Å². The minimum atomic E-state index is -0.493. The molecular weight excluding hydrogens is 323 g/mol. The Hall–Kier alpha value is -2.57. The number of nitrogens with zero attached hydrogens (tertiary/aromatic N) is 2. The molecule has 134 valence electrons. The quantitative estimate of drug-likeness (QED) is 0.893. The lowest BCUT2D eigenvalue weighted by Gasteiger charge is -2.33. The Labute approximate surface area is 146 Å². The van der Waals surface area contributed by atoms with E-state index in [0.717, 1.165) is 18.7 Å². The highest BCUT2D eigenvalue weighted by Gasteiger charge is 2.27. The van der Waals surface area contributed by atoms with Crippen LogP contribution >= 0.6 is 0 Å². The lowest BCUT2D eigenvalue weighted by molar-refractivity contribution is 0.175. The number of carbonyl (C=O) groups is 1. The molecule has 0 radical (unpaired) electrons. The Balaban J connectivity index is 1.67. The van der Waals surface area contributed by atoms with Gasteiger partial charge in [0.2, 0.25) is 0 Å². The Kier molecular flexibility index (Phi) is 5.21. The number of carbonyl (C=O) groups excluding carboxylic acids is 1. The number of hydrogen-bond acceptors (Lipinski definition) is 3. The van der Waals surface area contributed by atoms with Gasteiger partial charge >= 0.3 is 6.03 Å². The van der Waals surface area contributed by atoms with Gasteiger partial charge in [-0.3, -0.25) is 0 Å². The van der Waals surface area contributed by atoms with Crippen LogP contribution in [0.25, 0.3) is 0 Å². The van der Waals surface area contributed by atoms with Crippen molar-refractivity contribution in [1.29, 1.82) is 0 Å². The number of aromatic nitrogens is 2. The Morgan fingerprint density at radius 3 is 3.08 bits per heavy atom. The van der Waals surface area contributed by atoms with E-state index in [1.807, 2.05) is 0 Å². The predicted octanol–water partition coefficient (Wildman–Crippen LogP) is 3.21. The van der Waals surface area contributed by atoms with Crippen molar-refractivity contribution >= 4 is 6.03 Å². The van der Waals surface area contributed by atoms with Crippen LogP contribution in [0.2, 0.25) is 0 Å². The second-order valence-corrected chi connectivity index (χ2v) is 6.29. The van der Waals surface area contributed by atoms with Crippen molar-refractivity contribution in [3.63, 3.8) is 0 Å². The summed E-state index contributed by atoms with van der Waals surface area (Å²) in [6.07, 6.45) is 5.42. The summed E-state index contributed by atoms with van der Waals surface area (Å²) in [5.74, 6) is 1.15. The zero-order valence-corrected chi connectivity index (χ0v) is 14.5. The van der Waals surface area contributed by atoms with Crippen LogP contribution in [0.1, 0.15) is 43.1 Å². The number of piperidine rings is 1. The van der Waals surface area contributed by atoms with E-state index in [9.17, 15) is 9.18 Å². The largest absolute Gasteiger partial charge is 0.496 e. The van der Waals surface area contributed by atoms with E-state index < -0.39 is 6.04 Å². The van der Waals surface area contributed by atoms with Crippen molar-refractivity contribution in [2.24, 2.45) is 0 Å². The standard InChI is InChI=1S/C18H23FN4O2/c1-12(16-14(19)6-3-7-15(16)25-2)22-18(24)23-10-4-5-13(11-23)17-20-8-9-21-17/h3,6-9,12-13H,4-5,10-11H2,1-2H3,(H,20,21)(H,22,24)/t12-,13+/m1/s1. The average molecular weight is 346 g/mol. The Bertz CT molecular complexity index is 720. The monoisotopic (exact) mass is 346 g/mol. The smallest absolute Gasteiger partial charge is 0.317 e. The molecule has 0 aliphatic carbocycles. The number of imidazole rings is 1. The first-order valence-electron chi connectivity index (χ1n) is 8.47. The number of halogens is 1. The first-order valence-corrected chi connectivity index (χ1v) is 8.47. The number of amides is 2. The molecule has 1 saturated heterocycles. The highest BCUT2D eigenvalue weighted by molar-refractivity contribution is 5.75. The number of H-pyrrole nitrogens is 1. The molecule has 1 aromatic carbocycles. The molecule has 1 aliphatic rings. The molecule has 2 atom stereocenters. The molecular formula is C18H23FN4O2. The van der Waals surface area contributed by atoms with E-state index in [2.05, 4.69) is 15.3 Å². The third-order valence-corrected chi connectivity index (χ3v) is 4.62. The number of likely N-dealkylation sites (tertiary alicyclic amines) is 1. The first-order chi connectivity index (χ1) is 12.1. The molecule has 1 fully saturated rings. The summed E-state index contributed by atoms with van der Waals surface area (Å²) in [4.78, 5) is 21.8. The molecule has 0 unspecified atom stereocenters. The average Bonchev–Trinajstić information content (AvgIpc) is 3.16. The summed E-state index contributed by atoms with van der Waals surface area (Å²) >= 11 is 0. The number of nitrogens with one attached hydrogen (secondary N) is 2. The van der Waals surface area contributed by atoms with Gasteiger partial charge in [-0.1, -0.05) is 6.07 Å². The zero-order valence-electron chi connectivity index (χ0n) is 14.5. The molecule has 2 amide bonds.